The van der Waals surface area contributed by atoms with Crippen molar-refractivity contribution >= 4 is 17.8 Å². The van der Waals surface area contributed by atoms with Crippen LogP contribution in [0.4, 0.5) is 0 Å². The standard InChI is InChI=1S/C17H22N2O6/c1-10(2)16(19-11(3)20)17(22)23-8-15(21)18-7-12-4-5-13-14(6-12)25-9-24-13/h4-6,10,16H,7-9H2,1-3H3,(H,18,21)(H,19,20)/t16-/m0/s1. The number of benzene rings is 1. The summed E-state index contributed by atoms with van der Waals surface area (Å²) in [5.74, 6) is -0.245. The number of rotatable bonds is 7. The van der Waals surface area contributed by atoms with Gasteiger partial charge in [-0.25, -0.2) is 4.79 Å². The van der Waals surface area contributed by atoms with Crippen LogP contribution in [0.1, 0.15) is 26.3 Å². The minimum Gasteiger partial charge on any atom is -0.454 e. The Bertz CT molecular complexity index is 659. The molecule has 0 unspecified atom stereocenters. The van der Waals surface area contributed by atoms with Gasteiger partial charge in [0.1, 0.15) is 6.04 Å². The van der Waals surface area contributed by atoms with Crippen LogP contribution in [0.25, 0.3) is 0 Å². The molecule has 0 aromatic heterocycles. The molecule has 136 valence electrons. The van der Waals surface area contributed by atoms with E-state index in [1.807, 2.05) is 6.07 Å². The van der Waals surface area contributed by atoms with Crippen molar-refractivity contribution in [3.63, 3.8) is 0 Å². The van der Waals surface area contributed by atoms with Crippen molar-refractivity contribution in [1.29, 1.82) is 0 Å². The number of fused-ring (bicyclic) bond motifs is 1. The lowest BCUT2D eigenvalue weighted by Gasteiger charge is -2.19. The Morgan fingerprint density at radius 2 is 1.92 bits per heavy atom. The summed E-state index contributed by atoms with van der Waals surface area (Å²) in [5.41, 5.74) is 0.835. The van der Waals surface area contributed by atoms with Crippen molar-refractivity contribution in [2.75, 3.05) is 13.4 Å². The van der Waals surface area contributed by atoms with E-state index in [9.17, 15) is 14.4 Å². The van der Waals surface area contributed by atoms with Crippen molar-refractivity contribution in [2.24, 2.45) is 5.92 Å². The molecule has 1 aromatic rings. The van der Waals surface area contributed by atoms with Crippen molar-refractivity contribution in [1.82, 2.24) is 10.6 Å². The van der Waals surface area contributed by atoms with Gasteiger partial charge in [0.2, 0.25) is 12.7 Å². The maximum Gasteiger partial charge on any atom is 0.329 e. The molecule has 8 nitrogen and oxygen atoms in total. The molecule has 0 fully saturated rings. The van der Waals surface area contributed by atoms with E-state index in [-0.39, 0.29) is 25.2 Å². The first-order valence-corrected chi connectivity index (χ1v) is 7.95. The molecule has 1 atom stereocenters. The molecular weight excluding hydrogens is 328 g/mol. The molecule has 25 heavy (non-hydrogen) atoms. The fraction of sp³-hybridized carbons (Fsp3) is 0.471. The highest BCUT2D eigenvalue weighted by molar-refractivity contribution is 5.85. The number of nitrogens with one attached hydrogen (secondary N) is 2. The molecule has 0 aliphatic carbocycles. The molecule has 2 rings (SSSR count). The number of esters is 1. The fourth-order valence-electron chi connectivity index (χ4n) is 2.25. The summed E-state index contributed by atoms with van der Waals surface area (Å²) < 4.78 is 15.5. The molecule has 1 aromatic carbocycles. The summed E-state index contributed by atoms with van der Waals surface area (Å²) in [7, 11) is 0. The van der Waals surface area contributed by atoms with Crippen LogP contribution < -0.4 is 20.1 Å². The lowest BCUT2D eigenvalue weighted by atomic mass is 10.0. The molecule has 2 amide bonds. The van der Waals surface area contributed by atoms with Crippen LogP contribution in [0.15, 0.2) is 18.2 Å². The van der Waals surface area contributed by atoms with Gasteiger partial charge in [-0.15, -0.1) is 0 Å². The van der Waals surface area contributed by atoms with Gasteiger partial charge in [-0.1, -0.05) is 19.9 Å². The van der Waals surface area contributed by atoms with Crippen LogP contribution in [0, 0.1) is 5.92 Å². The average molecular weight is 350 g/mol. The molecule has 1 aliphatic rings. The van der Waals surface area contributed by atoms with Crippen LogP contribution in [-0.2, 0) is 25.7 Å². The second-order valence-electron chi connectivity index (χ2n) is 5.99. The number of hydrogen-bond donors (Lipinski definition) is 2. The zero-order valence-corrected chi connectivity index (χ0v) is 14.5. The van der Waals surface area contributed by atoms with E-state index in [4.69, 9.17) is 14.2 Å². The largest absolute Gasteiger partial charge is 0.454 e. The molecule has 0 bridgehead atoms. The zero-order valence-electron chi connectivity index (χ0n) is 14.5. The Morgan fingerprint density at radius 3 is 2.60 bits per heavy atom. The van der Waals surface area contributed by atoms with Gasteiger partial charge in [0.25, 0.3) is 5.91 Å². The second-order valence-corrected chi connectivity index (χ2v) is 5.99. The van der Waals surface area contributed by atoms with Crippen molar-refractivity contribution in [3.05, 3.63) is 23.8 Å². The SMILES string of the molecule is CC(=O)N[C@H](C(=O)OCC(=O)NCc1ccc2c(c1)OCO2)C(C)C. The smallest absolute Gasteiger partial charge is 0.329 e. The number of amides is 2. The topological polar surface area (TPSA) is 103 Å². The minimum absolute atomic E-state index is 0.145. The van der Waals surface area contributed by atoms with Gasteiger partial charge >= 0.3 is 5.97 Å². The predicted octanol–water partition coefficient (Wildman–Crippen LogP) is 0.735. The average Bonchev–Trinajstić information content (AvgIpc) is 3.02. The highest BCUT2D eigenvalue weighted by Gasteiger charge is 2.25. The lowest BCUT2D eigenvalue weighted by Crippen LogP contribution is -2.45. The van der Waals surface area contributed by atoms with E-state index in [1.165, 1.54) is 6.92 Å². The Kier molecular flexibility index (Phi) is 6.21. The highest BCUT2D eigenvalue weighted by atomic mass is 16.7. The van der Waals surface area contributed by atoms with Crippen molar-refractivity contribution in [2.45, 2.75) is 33.4 Å². The molecule has 0 spiro atoms. The summed E-state index contributed by atoms with van der Waals surface area (Å²) in [4.78, 5) is 34.9. The van der Waals surface area contributed by atoms with Gasteiger partial charge in [0.05, 0.1) is 0 Å². The van der Waals surface area contributed by atoms with Gasteiger partial charge in [-0.3, -0.25) is 9.59 Å². The monoisotopic (exact) mass is 350 g/mol. The molecule has 0 saturated carbocycles. The van der Waals surface area contributed by atoms with Crippen LogP contribution in [0.2, 0.25) is 0 Å². The van der Waals surface area contributed by atoms with Gasteiger partial charge in [0.15, 0.2) is 18.1 Å². The van der Waals surface area contributed by atoms with E-state index in [1.54, 1.807) is 26.0 Å². The highest BCUT2D eigenvalue weighted by Crippen LogP contribution is 2.32. The summed E-state index contributed by atoms with van der Waals surface area (Å²) in [5, 5.41) is 5.17. The molecule has 8 heteroatoms. The maximum atomic E-state index is 12.0. The van der Waals surface area contributed by atoms with Gasteiger partial charge in [-0.2, -0.15) is 0 Å². The number of hydrogen-bond acceptors (Lipinski definition) is 6. The van der Waals surface area contributed by atoms with Crippen molar-refractivity contribution in [3.8, 4) is 11.5 Å². The first kappa shape index (κ1) is 18.6. The van der Waals surface area contributed by atoms with Crippen LogP contribution in [0.5, 0.6) is 11.5 Å². The van der Waals surface area contributed by atoms with Crippen LogP contribution in [0.3, 0.4) is 0 Å². The molecular formula is C17H22N2O6. The van der Waals surface area contributed by atoms with Gasteiger partial charge < -0.3 is 24.8 Å². The minimum atomic E-state index is -0.779. The van der Waals surface area contributed by atoms with E-state index >= 15 is 0 Å². The molecule has 0 saturated heterocycles. The summed E-state index contributed by atoms with van der Waals surface area (Å²) in [6.45, 7) is 4.93. The quantitative estimate of drug-likeness (QED) is 0.703. The Labute approximate surface area is 145 Å². The Balaban J connectivity index is 1.78. The third-order valence-electron chi connectivity index (χ3n) is 3.55. The van der Waals surface area contributed by atoms with E-state index < -0.39 is 24.5 Å². The number of carbonyl (C=O) groups excluding carboxylic acids is 3. The van der Waals surface area contributed by atoms with Gasteiger partial charge in [-0.05, 0) is 23.6 Å². The molecule has 1 aliphatic heterocycles. The maximum absolute atomic E-state index is 12.0. The Morgan fingerprint density at radius 1 is 1.20 bits per heavy atom. The normalized spacial score (nSPS) is 13.3. The Hall–Kier alpha value is -2.77. The third kappa shape index (κ3) is 5.37. The number of ether oxygens (including phenoxy) is 3. The first-order valence-electron chi connectivity index (χ1n) is 7.95. The zero-order chi connectivity index (χ0) is 18.4. The summed E-state index contributed by atoms with van der Waals surface area (Å²) in [6.07, 6.45) is 0. The van der Waals surface area contributed by atoms with E-state index in [0.717, 1.165) is 5.56 Å². The second kappa shape index (κ2) is 8.36. The molecule has 0 radical (unpaired) electrons. The fourth-order valence-corrected chi connectivity index (χ4v) is 2.25. The molecule has 2 N–H and O–H groups in total. The van der Waals surface area contributed by atoms with Gasteiger partial charge in [0, 0.05) is 13.5 Å². The first-order chi connectivity index (χ1) is 11.9. The predicted molar refractivity (Wildman–Crippen MR) is 87.8 cm³/mol. The van der Waals surface area contributed by atoms with E-state index in [0.29, 0.717) is 11.5 Å². The summed E-state index contributed by atoms with van der Waals surface area (Å²) in [6, 6.07) is 4.58. The molecule has 1 heterocycles. The third-order valence-corrected chi connectivity index (χ3v) is 3.55. The van der Waals surface area contributed by atoms with E-state index in [2.05, 4.69) is 10.6 Å². The van der Waals surface area contributed by atoms with Crippen LogP contribution in [-0.4, -0.2) is 37.2 Å². The van der Waals surface area contributed by atoms with Crippen LogP contribution >= 0.6 is 0 Å². The number of carbonyl (C=O) groups is 3. The van der Waals surface area contributed by atoms with Crippen molar-refractivity contribution < 1.29 is 28.6 Å². The summed E-state index contributed by atoms with van der Waals surface area (Å²) >= 11 is 0. The lowest BCUT2D eigenvalue weighted by molar-refractivity contribution is -0.152.